The molecule has 2 heteroatoms. The Morgan fingerprint density at radius 1 is 1.33 bits per heavy atom. The number of rotatable bonds is 2. The monoisotopic (exact) mass is 211 g/mol. The second-order valence-corrected chi connectivity index (χ2v) is 6.43. The van der Waals surface area contributed by atoms with Gasteiger partial charge in [-0.15, -0.1) is 0 Å². The Morgan fingerprint density at radius 2 is 2.07 bits per heavy atom. The fourth-order valence-corrected chi connectivity index (χ4v) is 4.04. The van der Waals surface area contributed by atoms with E-state index in [0.717, 1.165) is 25.2 Å². The van der Waals surface area contributed by atoms with Crippen LogP contribution in [0.4, 0.5) is 0 Å². The van der Waals surface area contributed by atoms with Crippen LogP contribution >= 0.6 is 0 Å². The zero-order valence-electron chi connectivity index (χ0n) is 10.3. The zero-order chi connectivity index (χ0) is 11.1. The third kappa shape index (κ3) is 2.54. The summed E-state index contributed by atoms with van der Waals surface area (Å²) in [6, 6.07) is 0.512. The van der Waals surface area contributed by atoms with Crippen LogP contribution in [0.25, 0.3) is 0 Å². The highest BCUT2D eigenvalue weighted by Crippen LogP contribution is 2.46. The van der Waals surface area contributed by atoms with Gasteiger partial charge < -0.3 is 10.4 Å². The van der Waals surface area contributed by atoms with E-state index in [1.54, 1.807) is 0 Å². The molecule has 2 fully saturated rings. The molecule has 2 N–H and O–H groups in total. The van der Waals surface area contributed by atoms with E-state index in [2.05, 4.69) is 26.1 Å². The van der Waals surface area contributed by atoms with E-state index in [-0.39, 0.29) is 11.1 Å². The van der Waals surface area contributed by atoms with Crippen LogP contribution in [0.3, 0.4) is 0 Å². The fraction of sp³-hybridized carbons (Fsp3) is 1.00. The van der Waals surface area contributed by atoms with E-state index in [0.29, 0.717) is 6.04 Å². The van der Waals surface area contributed by atoms with Crippen LogP contribution < -0.4 is 5.32 Å². The first-order chi connectivity index (χ1) is 6.91. The molecule has 0 radical (unpaired) electrons. The van der Waals surface area contributed by atoms with Crippen molar-refractivity contribution in [2.45, 2.75) is 76.5 Å². The van der Waals surface area contributed by atoms with Crippen LogP contribution in [-0.2, 0) is 0 Å². The van der Waals surface area contributed by atoms with Crippen LogP contribution in [-0.4, -0.2) is 22.3 Å². The minimum Gasteiger partial charge on any atom is -0.390 e. The van der Waals surface area contributed by atoms with Crippen LogP contribution in [0.15, 0.2) is 0 Å². The molecule has 0 spiro atoms. The van der Waals surface area contributed by atoms with Gasteiger partial charge in [0.05, 0.1) is 5.60 Å². The SMILES string of the molecule is CC(C)NC1(C)CC2CCCC(O)(C2)C1. The first-order valence-corrected chi connectivity index (χ1v) is 6.41. The van der Waals surface area contributed by atoms with Crippen LogP contribution in [0.1, 0.15) is 59.3 Å². The Bertz CT molecular complexity index is 241. The molecule has 15 heavy (non-hydrogen) atoms. The highest BCUT2D eigenvalue weighted by Gasteiger charge is 2.46. The normalized spacial score (nSPS) is 45.8. The predicted molar refractivity (Wildman–Crippen MR) is 62.8 cm³/mol. The van der Waals surface area contributed by atoms with Crippen molar-refractivity contribution in [3.8, 4) is 0 Å². The lowest BCUT2D eigenvalue weighted by Gasteiger charge is -2.51. The van der Waals surface area contributed by atoms with Crippen LogP contribution in [0.5, 0.6) is 0 Å². The molecule has 2 bridgehead atoms. The first kappa shape index (κ1) is 11.4. The minimum atomic E-state index is -0.363. The highest BCUT2D eigenvalue weighted by atomic mass is 16.3. The maximum absolute atomic E-state index is 10.5. The van der Waals surface area contributed by atoms with Gasteiger partial charge in [0.25, 0.3) is 0 Å². The fourth-order valence-electron chi connectivity index (χ4n) is 4.04. The summed E-state index contributed by atoms with van der Waals surface area (Å²) in [7, 11) is 0. The summed E-state index contributed by atoms with van der Waals surface area (Å²) in [5.41, 5.74) is -0.204. The second-order valence-electron chi connectivity index (χ2n) is 6.43. The summed E-state index contributed by atoms with van der Waals surface area (Å²) in [5.74, 6) is 0.744. The predicted octanol–water partition coefficient (Wildman–Crippen LogP) is 2.46. The third-order valence-corrected chi connectivity index (χ3v) is 4.02. The molecule has 3 atom stereocenters. The van der Waals surface area contributed by atoms with E-state index < -0.39 is 0 Å². The van der Waals surface area contributed by atoms with Crippen molar-refractivity contribution in [2.24, 2.45) is 5.92 Å². The van der Waals surface area contributed by atoms with Gasteiger partial charge in [0.15, 0.2) is 0 Å². The van der Waals surface area contributed by atoms with Gasteiger partial charge in [0.2, 0.25) is 0 Å². The van der Waals surface area contributed by atoms with Crippen LogP contribution in [0, 0.1) is 5.92 Å². The first-order valence-electron chi connectivity index (χ1n) is 6.41. The molecule has 0 aromatic heterocycles. The number of hydrogen-bond acceptors (Lipinski definition) is 2. The van der Waals surface area contributed by atoms with Gasteiger partial charge in [-0.2, -0.15) is 0 Å². The number of fused-ring (bicyclic) bond motifs is 2. The van der Waals surface area contributed by atoms with Crippen molar-refractivity contribution in [1.82, 2.24) is 5.32 Å². The van der Waals surface area contributed by atoms with Gasteiger partial charge >= 0.3 is 0 Å². The van der Waals surface area contributed by atoms with Crippen molar-refractivity contribution in [3.63, 3.8) is 0 Å². The summed E-state index contributed by atoms with van der Waals surface area (Å²) in [6.45, 7) is 6.68. The largest absolute Gasteiger partial charge is 0.390 e. The van der Waals surface area contributed by atoms with Crippen molar-refractivity contribution >= 4 is 0 Å². The molecular weight excluding hydrogens is 186 g/mol. The van der Waals surface area contributed by atoms with Gasteiger partial charge in [-0.05, 0) is 38.5 Å². The second kappa shape index (κ2) is 3.74. The molecule has 2 rings (SSSR count). The van der Waals surface area contributed by atoms with Crippen molar-refractivity contribution in [3.05, 3.63) is 0 Å². The smallest absolute Gasteiger partial charge is 0.0667 e. The topological polar surface area (TPSA) is 32.3 Å². The van der Waals surface area contributed by atoms with Gasteiger partial charge in [-0.3, -0.25) is 0 Å². The van der Waals surface area contributed by atoms with Crippen molar-refractivity contribution in [2.75, 3.05) is 0 Å². The molecule has 2 saturated carbocycles. The van der Waals surface area contributed by atoms with E-state index in [1.165, 1.54) is 19.3 Å². The Balaban J connectivity index is 2.09. The third-order valence-electron chi connectivity index (χ3n) is 4.02. The summed E-state index contributed by atoms with van der Waals surface area (Å²) >= 11 is 0. The van der Waals surface area contributed by atoms with Gasteiger partial charge in [0, 0.05) is 11.6 Å². The lowest BCUT2D eigenvalue weighted by Crippen LogP contribution is -2.57. The standard InChI is InChI=1S/C13H25NO/c1-10(2)14-12(3)7-11-5-4-6-13(15,8-11)9-12/h10-11,14-15H,4-9H2,1-3H3. The average molecular weight is 211 g/mol. The summed E-state index contributed by atoms with van der Waals surface area (Å²) < 4.78 is 0. The Labute approximate surface area is 93.5 Å². The van der Waals surface area contributed by atoms with Crippen LogP contribution in [0.2, 0.25) is 0 Å². The number of aliphatic hydroxyl groups is 1. The maximum atomic E-state index is 10.5. The van der Waals surface area contributed by atoms with E-state index in [1.807, 2.05) is 0 Å². The zero-order valence-corrected chi connectivity index (χ0v) is 10.3. The van der Waals surface area contributed by atoms with E-state index in [9.17, 15) is 5.11 Å². The van der Waals surface area contributed by atoms with E-state index in [4.69, 9.17) is 0 Å². The molecule has 88 valence electrons. The molecule has 0 aliphatic heterocycles. The molecular formula is C13H25NO. The van der Waals surface area contributed by atoms with Crippen molar-refractivity contribution in [1.29, 1.82) is 0 Å². The Hall–Kier alpha value is -0.0800. The van der Waals surface area contributed by atoms with Gasteiger partial charge in [-0.25, -0.2) is 0 Å². The maximum Gasteiger partial charge on any atom is 0.0667 e. The highest BCUT2D eigenvalue weighted by molar-refractivity contribution is 5.03. The molecule has 0 amide bonds. The van der Waals surface area contributed by atoms with Gasteiger partial charge in [-0.1, -0.05) is 26.7 Å². The van der Waals surface area contributed by atoms with E-state index >= 15 is 0 Å². The summed E-state index contributed by atoms with van der Waals surface area (Å²) in [5, 5.41) is 14.2. The average Bonchev–Trinajstić information content (AvgIpc) is 1.97. The molecule has 0 heterocycles. The molecule has 0 saturated heterocycles. The summed E-state index contributed by atoms with van der Waals surface area (Å²) in [6.07, 6.45) is 6.78. The lowest BCUT2D eigenvalue weighted by molar-refractivity contribution is -0.0796. The Kier molecular flexibility index (Phi) is 2.85. The molecule has 2 nitrogen and oxygen atoms in total. The minimum absolute atomic E-state index is 0.159. The van der Waals surface area contributed by atoms with Crippen molar-refractivity contribution < 1.29 is 5.11 Å². The lowest BCUT2D eigenvalue weighted by atomic mass is 9.62. The molecule has 0 aromatic carbocycles. The molecule has 2 aliphatic rings. The quantitative estimate of drug-likeness (QED) is 0.735. The number of nitrogens with one attached hydrogen (secondary N) is 1. The summed E-state index contributed by atoms with van der Waals surface area (Å²) in [4.78, 5) is 0. The number of hydrogen-bond donors (Lipinski definition) is 2. The molecule has 0 aromatic rings. The molecule has 2 aliphatic carbocycles. The Morgan fingerprint density at radius 3 is 2.67 bits per heavy atom. The molecule has 3 unspecified atom stereocenters. The van der Waals surface area contributed by atoms with Gasteiger partial charge in [0.1, 0.15) is 0 Å².